The molecule has 0 fully saturated rings. The third-order valence-corrected chi connectivity index (χ3v) is 0.723. The highest BCUT2D eigenvalue weighted by atomic mass is 35.5. The molecule has 0 aromatic rings. The zero-order chi connectivity index (χ0) is 4.83. The van der Waals surface area contributed by atoms with Crippen LogP contribution in [0.3, 0.4) is 0 Å². The van der Waals surface area contributed by atoms with Crippen LogP contribution in [0.2, 0.25) is 0 Å². The highest BCUT2D eigenvalue weighted by Gasteiger charge is 1.65. The van der Waals surface area contributed by atoms with Crippen molar-refractivity contribution < 1.29 is 0 Å². The van der Waals surface area contributed by atoms with Crippen LogP contribution < -0.4 is 0 Å². The normalized spacial score (nSPS) is 10.3. The minimum atomic E-state index is 1.10. The Kier molecular flexibility index (Phi) is 5.06. The molecule has 0 atom stereocenters. The standard InChI is InChI=1S/C5H9Cl/c1-2-3-4-5-6/h4-5H,2-3H2,1H3/b5-4-. The zero-order valence-electron chi connectivity index (χ0n) is 3.95. The van der Waals surface area contributed by atoms with Crippen LogP contribution in [0.15, 0.2) is 11.6 Å². The van der Waals surface area contributed by atoms with Gasteiger partial charge >= 0.3 is 0 Å². The summed E-state index contributed by atoms with van der Waals surface area (Å²) in [4.78, 5) is 0. The van der Waals surface area contributed by atoms with Crippen molar-refractivity contribution in [3.05, 3.63) is 11.6 Å². The summed E-state index contributed by atoms with van der Waals surface area (Å²) in [6, 6.07) is 0. The molecule has 6 heavy (non-hydrogen) atoms. The summed E-state index contributed by atoms with van der Waals surface area (Å²) >= 11 is 5.20. The van der Waals surface area contributed by atoms with Gasteiger partial charge in [-0.2, -0.15) is 0 Å². The molecule has 36 valence electrons. The van der Waals surface area contributed by atoms with E-state index in [1.165, 1.54) is 6.42 Å². The maximum absolute atomic E-state index is 5.20. The van der Waals surface area contributed by atoms with Crippen LogP contribution in [-0.2, 0) is 0 Å². The Morgan fingerprint density at radius 3 is 2.50 bits per heavy atom. The van der Waals surface area contributed by atoms with Crippen molar-refractivity contribution in [3.8, 4) is 0 Å². The first-order valence-electron chi connectivity index (χ1n) is 2.17. The van der Waals surface area contributed by atoms with Gasteiger partial charge < -0.3 is 0 Å². The Morgan fingerprint density at radius 2 is 2.33 bits per heavy atom. The van der Waals surface area contributed by atoms with Crippen molar-refractivity contribution in [3.63, 3.8) is 0 Å². The second kappa shape index (κ2) is 5.03. The topological polar surface area (TPSA) is 0 Å². The summed E-state index contributed by atoms with van der Waals surface area (Å²) in [6.07, 6.45) is 4.23. The minimum absolute atomic E-state index is 1.10. The van der Waals surface area contributed by atoms with Gasteiger partial charge in [0.05, 0.1) is 0 Å². The Morgan fingerprint density at radius 1 is 1.67 bits per heavy atom. The number of unbranched alkanes of at least 4 members (excludes halogenated alkanes) is 1. The van der Waals surface area contributed by atoms with Crippen LogP contribution in [0.4, 0.5) is 0 Å². The lowest BCUT2D eigenvalue weighted by atomic mass is 10.3. The van der Waals surface area contributed by atoms with Gasteiger partial charge in [0, 0.05) is 5.54 Å². The van der Waals surface area contributed by atoms with Gasteiger partial charge in [-0.05, 0) is 6.42 Å². The maximum atomic E-state index is 5.20. The van der Waals surface area contributed by atoms with E-state index in [-0.39, 0.29) is 0 Å². The first-order valence-corrected chi connectivity index (χ1v) is 2.60. The van der Waals surface area contributed by atoms with E-state index in [0.29, 0.717) is 0 Å². The Hall–Kier alpha value is 0.0300. The third-order valence-electron chi connectivity index (χ3n) is 0.544. The highest BCUT2D eigenvalue weighted by molar-refractivity contribution is 6.25. The van der Waals surface area contributed by atoms with Crippen molar-refractivity contribution in [1.29, 1.82) is 0 Å². The summed E-state index contributed by atoms with van der Waals surface area (Å²) in [7, 11) is 0. The van der Waals surface area contributed by atoms with E-state index >= 15 is 0 Å². The van der Waals surface area contributed by atoms with Crippen molar-refractivity contribution in [2.45, 2.75) is 19.8 Å². The number of rotatable bonds is 2. The average molecular weight is 105 g/mol. The Labute approximate surface area is 43.8 Å². The monoisotopic (exact) mass is 104 g/mol. The summed E-state index contributed by atoms with van der Waals surface area (Å²) in [6.45, 7) is 2.12. The molecule has 0 amide bonds. The van der Waals surface area contributed by atoms with E-state index < -0.39 is 0 Å². The van der Waals surface area contributed by atoms with Crippen LogP contribution >= 0.6 is 11.6 Å². The molecule has 0 saturated heterocycles. The largest absolute Gasteiger partial charge is 0.0933 e. The fraction of sp³-hybridized carbons (Fsp3) is 0.600. The van der Waals surface area contributed by atoms with Gasteiger partial charge in [-0.15, -0.1) is 0 Å². The number of halogens is 1. The van der Waals surface area contributed by atoms with Gasteiger partial charge in [0.25, 0.3) is 0 Å². The van der Waals surface area contributed by atoms with E-state index in [1.807, 2.05) is 6.08 Å². The number of hydrogen-bond donors (Lipinski definition) is 0. The third kappa shape index (κ3) is 4.03. The second-order valence-corrected chi connectivity index (χ2v) is 1.40. The van der Waals surface area contributed by atoms with E-state index in [2.05, 4.69) is 6.92 Å². The lowest BCUT2D eigenvalue weighted by Gasteiger charge is -1.75. The molecule has 0 spiro atoms. The molecule has 0 aliphatic carbocycles. The smallest absolute Gasteiger partial charge is 0.000245 e. The molecule has 0 heterocycles. The van der Waals surface area contributed by atoms with E-state index in [1.54, 1.807) is 5.54 Å². The first kappa shape index (κ1) is 6.03. The molecule has 0 aliphatic rings. The quantitative estimate of drug-likeness (QED) is 0.505. The lowest BCUT2D eigenvalue weighted by molar-refractivity contribution is 0.960. The van der Waals surface area contributed by atoms with Crippen LogP contribution in [-0.4, -0.2) is 0 Å². The van der Waals surface area contributed by atoms with Gasteiger partial charge in [0.1, 0.15) is 0 Å². The minimum Gasteiger partial charge on any atom is -0.0933 e. The lowest BCUT2D eigenvalue weighted by Crippen LogP contribution is -1.54. The number of hydrogen-bond acceptors (Lipinski definition) is 0. The van der Waals surface area contributed by atoms with Crippen molar-refractivity contribution in [1.82, 2.24) is 0 Å². The molecule has 0 aliphatic heterocycles. The molecule has 0 aromatic carbocycles. The van der Waals surface area contributed by atoms with E-state index in [9.17, 15) is 0 Å². The van der Waals surface area contributed by atoms with Crippen LogP contribution in [0, 0.1) is 0 Å². The SMILES string of the molecule is CCC/C=C\Cl. The van der Waals surface area contributed by atoms with Gasteiger partial charge in [0.2, 0.25) is 0 Å². The van der Waals surface area contributed by atoms with Gasteiger partial charge in [-0.1, -0.05) is 31.0 Å². The summed E-state index contributed by atoms with van der Waals surface area (Å²) in [5, 5.41) is 0. The van der Waals surface area contributed by atoms with Crippen molar-refractivity contribution >= 4 is 11.6 Å². The molecular weight excluding hydrogens is 95.5 g/mol. The predicted molar refractivity (Wildman–Crippen MR) is 29.9 cm³/mol. The summed E-state index contributed by atoms with van der Waals surface area (Å²) in [5.41, 5.74) is 1.56. The molecule has 1 heteroatoms. The molecule has 0 nitrogen and oxygen atoms in total. The molecular formula is C5H9Cl. The van der Waals surface area contributed by atoms with Gasteiger partial charge in [-0.25, -0.2) is 0 Å². The average Bonchev–Trinajstić information content (AvgIpc) is 1.61. The predicted octanol–water partition coefficient (Wildman–Crippen LogP) is 2.54. The second-order valence-electron chi connectivity index (χ2n) is 1.15. The van der Waals surface area contributed by atoms with E-state index in [0.717, 1.165) is 6.42 Å². The fourth-order valence-corrected chi connectivity index (χ4v) is 0.356. The molecule has 0 saturated carbocycles. The number of allylic oxidation sites excluding steroid dienone is 1. The van der Waals surface area contributed by atoms with Crippen molar-refractivity contribution in [2.75, 3.05) is 0 Å². The molecule has 0 aromatic heterocycles. The fourth-order valence-electron chi connectivity index (χ4n) is 0.230. The molecule has 0 N–H and O–H groups in total. The Balaban J connectivity index is 2.66. The molecule has 0 unspecified atom stereocenters. The van der Waals surface area contributed by atoms with Gasteiger partial charge in [-0.3, -0.25) is 0 Å². The molecule has 0 bridgehead atoms. The first-order chi connectivity index (χ1) is 2.91. The van der Waals surface area contributed by atoms with Crippen LogP contribution in [0.1, 0.15) is 19.8 Å². The van der Waals surface area contributed by atoms with Gasteiger partial charge in [0.15, 0.2) is 0 Å². The summed E-state index contributed by atoms with van der Waals surface area (Å²) < 4.78 is 0. The van der Waals surface area contributed by atoms with E-state index in [4.69, 9.17) is 11.6 Å². The Bertz CT molecular complexity index is 39.2. The van der Waals surface area contributed by atoms with Crippen LogP contribution in [0.25, 0.3) is 0 Å². The summed E-state index contributed by atoms with van der Waals surface area (Å²) in [5.74, 6) is 0. The van der Waals surface area contributed by atoms with Crippen molar-refractivity contribution in [2.24, 2.45) is 0 Å². The van der Waals surface area contributed by atoms with Crippen LogP contribution in [0.5, 0.6) is 0 Å². The maximum Gasteiger partial charge on any atom is 0.000245 e. The highest BCUT2D eigenvalue weighted by Crippen LogP contribution is 1.88. The molecule has 0 radical (unpaired) electrons. The zero-order valence-corrected chi connectivity index (χ0v) is 4.70. The molecule has 0 rings (SSSR count).